The first-order valence-corrected chi connectivity index (χ1v) is 11.8. The molecule has 4 rings (SSSR count). The molecule has 2 aromatic carbocycles. The van der Waals surface area contributed by atoms with E-state index >= 15 is 0 Å². The van der Waals surface area contributed by atoms with Crippen LogP contribution in [0.3, 0.4) is 0 Å². The summed E-state index contributed by atoms with van der Waals surface area (Å²) in [7, 11) is -0.485. The molecule has 0 aliphatic carbocycles. The standard InChI is InChI=1S/C23H26N2O5S/c1-13-8-14(2)21-16(9-13)10-18(23(26)24-21)22-17-12-20(30-4)19(29-3)11-15(17)6-7-25(22)31(5,27)28/h8-12,22H,6-7H2,1-5H3,(H,24,26)/t22-/m0/s1. The Kier molecular flexibility index (Phi) is 5.31. The number of fused-ring (bicyclic) bond motifs is 2. The van der Waals surface area contributed by atoms with Gasteiger partial charge < -0.3 is 14.5 Å². The molecular formula is C23H26N2O5S. The first-order chi connectivity index (χ1) is 14.6. The Balaban J connectivity index is 2.03. The number of nitrogens with zero attached hydrogens (tertiary/aromatic N) is 1. The number of hydrogen-bond acceptors (Lipinski definition) is 5. The van der Waals surface area contributed by atoms with Crippen LogP contribution in [0.15, 0.2) is 35.1 Å². The van der Waals surface area contributed by atoms with Crippen molar-refractivity contribution in [3.05, 3.63) is 68.5 Å². The third kappa shape index (κ3) is 3.70. The molecule has 0 fully saturated rings. The summed E-state index contributed by atoms with van der Waals surface area (Å²) in [4.78, 5) is 16.2. The number of rotatable bonds is 4. The molecule has 0 saturated heterocycles. The van der Waals surface area contributed by atoms with Crippen LogP contribution in [0.25, 0.3) is 10.9 Å². The van der Waals surface area contributed by atoms with E-state index in [1.807, 2.05) is 38.1 Å². The van der Waals surface area contributed by atoms with Gasteiger partial charge in [0.15, 0.2) is 11.5 Å². The van der Waals surface area contributed by atoms with E-state index in [-0.39, 0.29) is 12.1 Å². The van der Waals surface area contributed by atoms with E-state index in [1.54, 1.807) is 13.2 Å². The topological polar surface area (TPSA) is 88.7 Å². The van der Waals surface area contributed by atoms with E-state index in [2.05, 4.69) is 4.98 Å². The van der Waals surface area contributed by atoms with Gasteiger partial charge in [-0.15, -0.1) is 0 Å². The van der Waals surface area contributed by atoms with Gasteiger partial charge >= 0.3 is 0 Å². The van der Waals surface area contributed by atoms with Crippen molar-refractivity contribution in [2.45, 2.75) is 26.3 Å². The molecule has 8 heteroatoms. The van der Waals surface area contributed by atoms with Gasteiger partial charge in [0.2, 0.25) is 10.0 Å². The zero-order chi connectivity index (χ0) is 22.5. The Hall–Kier alpha value is -2.84. The van der Waals surface area contributed by atoms with Crippen LogP contribution in [0.2, 0.25) is 0 Å². The maximum absolute atomic E-state index is 13.2. The Morgan fingerprint density at radius 2 is 1.68 bits per heavy atom. The lowest BCUT2D eigenvalue weighted by molar-refractivity contribution is 0.332. The number of benzene rings is 2. The molecule has 0 amide bonds. The molecule has 7 nitrogen and oxygen atoms in total. The Morgan fingerprint density at radius 3 is 2.32 bits per heavy atom. The molecule has 31 heavy (non-hydrogen) atoms. The summed E-state index contributed by atoms with van der Waals surface area (Å²) in [5.74, 6) is 1.07. The van der Waals surface area contributed by atoms with Crippen LogP contribution in [-0.4, -0.2) is 44.7 Å². The lowest BCUT2D eigenvalue weighted by atomic mass is 9.89. The number of nitrogens with one attached hydrogen (secondary N) is 1. The molecule has 1 aliphatic rings. The predicted octanol–water partition coefficient (Wildman–Crippen LogP) is 3.07. The van der Waals surface area contributed by atoms with Crippen molar-refractivity contribution >= 4 is 20.9 Å². The molecule has 0 unspecified atom stereocenters. The maximum Gasteiger partial charge on any atom is 0.253 e. The predicted molar refractivity (Wildman–Crippen MR) is 121 cm³/mol. The summed E-state index contributed by atoms with van der Waals surface area (Å²) in [5.41, 5.74) is 4.53. The molecule has 1 atom stereocenters. The van der Waals surface area contributed by atoms with Gasteiger partial charge in [-0.05, 0) is 66.6 Å². The van der Waals surface area contributed by atoms with E-state index in [4.69, 9.17) is 9.47 Å². The highest BCUT2D eigenvalue weighted by Gasteiger charge is 2.37. The highest BCUT2D eigenvalue weighted by Crippen LogP contribution is 2.41. The van der Waals surface area contributed by atoms with Crippen LogP contribution in [0, 0.1) is 13.8 Å². The third-order valence-corrected chi connectivity index (χ3v) is 7.12. The first-order valence-electron chi connectivity index (χ1n) is 10.00. The van der Waals surface area contributed by atoms with Crippen molar-refractivity contribution in [1.82, 2.24) is 9.29 Å². The van der Waals surface area contributed by atoms with Gasteiger partial charge in [-0.25, -0.2) is 8.42 Å². The number of ether oxygens (including phenoxy) is 2. The first kappa shape index (κ1) is 21.4. The Labute approximate surface area is 181 Å². The van der Waals surface area contributed by atoms with Gasteiger partial charge in [0.25, 0.3) is 5.56 Å². The van der Waals surface area contributed by atoms with Crippen LogP contribution in [0.5, 0.6) is 11.5 Å². The van der Waals surface area contributed by atoms with Crippen LogP contribution in [0.4, 0.5) is 0 Å². The number of methoxy groups -OCH3 is 2. The molecular weight excluding hydrogens is 416 g/mol. The summed E-state index contributed by atoms with van der Waals surface area (Å²) >= 11 is 0. The third-order valence-electron chi connectivity index (χ3n) is 5.87. The smallest absolute Gasteiger partial charge is 0.253 e. The number of hydrogen-bond donors (Lipinski definition) is 1. The number of sulfonamides is 1. The van der Waals surface area contributed by atoms with Gasteiger partial charge in [-0.3, -0.25) is 4.79 Å². The fourth-order valence-electron chi connectivity index (χ4n) is 4.51. The fourth-order valence-corrected chi connectivity index (χ4v) is 5.54. The van der Waals surface area contributed by atoms with Crippen molar-refractivity contribution in [3.8, 4) is 11.5 Å². The molecule has 2 heterocycles. The summed E-state index contributed by atoms with van der Waals surface area (Å²) < 4.78 is 37.7. The molecule has 1 aromatic heterocycles. The number of H-pyrrole nitrogens is 1. The molecule has 1 aliphatic heterocycles. The largest absolute Gasteiger partial charge is 0.493 e. The number of aryl methyl sites for hydroxylation is 2. The highest BCUT2D eigenvalue weighted by atomic mass is 32.2. The number of pyridine rings is 1. The minimum atomic E-state index is -3.58. The molecule has 3 aromatic rings. The van der Waals surface area contributed by atoms with Crippen LogP contribution < -0.4 is 15.0 Å². The molecule has 0 radical (unpaired) electrons. The molecule has 0 bridgehead atoms. The normalized spacial score (nSPS) is 16.9. The fraction of sp³-hybridized carbons (Fsp3) is 0.348. The lowest BCUT2D eigenvalue weighted by Crippen LogP contribution is -2.42. The molecule has 0 saturated carbocycles. The van der Waals surface area contributed by atoms with E-state index in [1.165, 1.54) is 17.7 Å². The Morgan fingerprint density at radius 1 is 1.00 bits per heavy atom. The zero-order valence-corrected chi connectivity index (χ0v) is 19.1. The molecule has 1 N–H and O–H groups in total. The minimum Gasteiger partial charge on any atom is -0.493 e. The van der Waals surface area contributed by atoms with Crippen molar-refractivity contribution in [2.75, 3.05) is 27.0 Å². The summed E-state index contributed by atoms with van der Waals surface area (Å²) in [6, 6.07) is 8.69. The zero-order valence-electron chi connectivity index (χ0n) is 18.3. The summed E-state index contributed by atoms with van der Waals surface area (Å²) in [6.07, 6.45) is 1.69. The van der Waals surface area contributed by atoms with Gasteiger partial charge in [0.05, 0.1) is 32.0 Å². The van der Waals surface area contributed by atoms with E-state index in [9.17, 15) is 13.2 Å². The summed E-state index contributed by atoms with van der Waals surface area (Å²) in [6.45, 7) is 4.21. The maximum atomic E-state index is 13.2. The van der Waals surface area contributed by atoms with Gasteiger partial charge in [0.1, 0.15) is 0 Å². The van der Waals surface area contributed by atoms with Crippen LogP contribution >= 0.6 is 0 Å². The monoisotopic (exact) mass is 442 g/mol. The highest BCUT2D eigenvalue weighted by molar-refractivity contribution is 7.88. The quantitative estimate of drug-likeness (QED) is 0.671. The molecule has 164 valence electrons. The van der Waals surface area contributed by atoms with E-state index in [0.717, 1.165) is 33.2 Å². The van der Waals surface area contributed by atoms with Crippen molar-refractivity contribution in [1.29, 1.82) is 0 Å². The summed E-state index contributed by atoms with van der Waals surface area (Å²) in [5, 5.41) is 0.869. The van der Waals surface area contributed by atoms with Gasteiger partial charge in [-0.2, -0.15) is 4.31 Å². The average molecular weight is 443 g/mol. The van der Waals surface area contributed by atoms with Crippen molar-refractivity contribution in [2.24, 2.45) is 0 Å². The minimum absolute atomic E-state index is 0.274. The second-order valence-electron chi connectivity index (χ2n) is 8.03. The van der Waals surface area contributed by atoms with Crippen LogP contribution in [0.1, 0.15) is 33.9 Å². The lowest BCUT2D eigenvalue weighted by Gasteiger charge is -2.36. The van der Waals surface area contributed by atoms with Gasteiger partial charge in [-0.1, -0.05) is 11.6 Å². The van der Waals surface area contributed by atoms with E-state index < -0.39 is 16.1 Å². The second kappa shape index (κ2) is 7.69. The van der Waals surface area contributed by atoms with Gasteiger partial charge in [0, 0.05) is 12.1 Å². The van der Waals surface area contributed by atoms with Crippen molar-refractivity contribution in [3.63, 3.8) is 0 Å². The second-order valence-corrected chi connectivity index (χ2v) is 9.97. The van der Waals surface area contributed by atoms with Crippen LogP contribution in [-0.2, 0) is 16.4 Å². The van der Waals surface area contributed by atoms with E-state index in [0.29, 0.717) is 23.5 Å². The van der Waals surface area contributed by atoms with Crippen molar-refractivity contribution < 1.29 is 17.9 Å². The number of aromatic amines is 1. The SMILES string of the molecule is COc1cc2c(cc1OC)[C@@H](c1cc3cc(C)cc(C)c3[nH]c1=O)N(S(C)(=O)=O)CC2. The number of aromatic nitrogens is 1. The average Bonchev–Trinajstić information content (AvgIpc) is 2.71. The Bertz CT molecular complexity index is 1340. The molecule has 0 spiro atoms.